The summed E-state index contributed by atoms with van der Waals surface area (Å²) in [4.78, 5) is 34.5. The Labute approximate surface area is 235 Å². The van der Waals surface area contributed by atoms with Crippen LogP contribution in [0.5, 0.6) is 0 Å². The second-order valence-electron chi connectivity index (χ2n) is 10.3. The van der Waals surface area contributed by atoms with Crippen molar-refractivity contribution in [2.45, 2.75) is 38.5 Å². The highest BCUT2D eigenvalue weighted by Crippen LogP contribution is 2.37. The number of aromatic nitrogens is 3. The third kappa shape index (κ3) is 4.59. The van der Waals surface area contributed by atoms with Crippen molar-refractivity contribution in [1.29, 1.82) is 0 Å². The van der Waals surface area contributed by atoms with Crippen molar-refractivity contribution in [2.24, 2.45) is 0 Å². The van der Waals surface area contributed by atoms with Crippen molar-refractivity contribution in [1.82, 2.24) is 19.3 Å². The minimum atomic E-state index is -2.94. The van der Waals surface area contributed by atoms with E-state index in [4.69, 9.17) is 11.6 Å². The number of para-hydroxylation sites is 1. The number of aryl methyl sites for hydroxylation is 2. The highest BCUT2D eigenvalue weighted by molar-refractivity contribution is 7.99. The summed E-state index contributed by atoms with van der Waals surface area (Å²) in [5, 5.41) is 1.37. The number of hydrogen-bond acceptors (Lipinski definition) is 4. The number of fused-ring (bicyclic) bond motifs is 2. The third-order valence-corrected chi connectivity index (χ3v) is 9.70. The Morgan fingerprint density at radius 1 is 1.20 bits per heavy atom. The number of nitrogens with zero attached hydrogens (tertiary/aromatic N) is 2. The molecule has 1 unspecified atom stereocenters. The number of carbonyl (C=O) groups is 1. The first-order valence-corrected chi connectivity index (χ1v) is 15.0. The topological polar surface area (TPSA) is 96.9 Å². The second kappa shape index (κ2) is 9.60. The summed E-state index contributed by atoms with van der Waals surface area (Å²) in [6.07, 6.45) is 1.41. The molecule has 1 amide bonds. The third-order valence-electron chi connectivity index (χ3n) is 7.29. The number of halogens is 2. The van der Waals surface area contributed by atoms with Crippen molar-refractivity contribution in [3.8, 4) is 11.1 Å². The standard InChI is InChI=1S/C30H26ClFN4O3S/c1-16-12-22-25(14-23(16)32)36(15-19-13-18-6-4-5-7-24(18)34-28(19)31)27(30(38)35-40(3,39)20-9-10-20)26(22)21-11-8-17(2)33-29(21)37/h4-8,11-14,20H,3,9-10,15H2,1-2H3,(H,33,37)(H,35,38,39). The summed E-state index contributed by atoms with van der Waals surface area (Å²) in [5.74, 6) is 2.67. The average molecular weight is 577 g/mol. The van der Waals surface area contributed by atoms with Crippen molar-refractivity contribution in [2.75, 3.05) is 0 Å². The van der Waals surface area contributed by atoms with Gasteiger partial charge in [-0.25, -0.2) is 13.6 Å². The van der Waals surface area contributed by atoms with E-state index in [1.807, 2.05) is 30.3 Å². The predicted octanol–water partition coefficient (Wildman–Crippen LogP) is 5.53. The van der Waals surface area contributed by atoms with Gasteiger partial charge in [-0.15, -0.1) is 0 Å². The lowest BCUT2D eigenvalue weighted by Crippen LogP contribution is -2.35. The molecule has 0 saturated heterocycles. The molecule has 2 N–H and O–H groups in total. The van der Waals surface area contributed by atoms with Crippen LogP contribution in [0.4, 0.5) is 4.39 Å². The molecule has 0 radical (unpaired) electrons. The monoisotopic (exact) mass is 576 g/mol. The number of carbonyl (C=O) groups excluding carboxylic acids is 1. The van der Waals surface area contributed by atoms with Crippen LogP contribution >= 0.6 is 11.6 Å². The van der Waals surface area contributed by atoms with E-state index in [1.54, 1.807) is 36.6 Å². The molecule has 3 heterocycles. The van der Waals surface area contributed by atoms with E-state index in [1.165, 1.54) is 6.07 Å². The maximum Gasteiger partial charge on any atom is 0.279 e. The highest BCUT2D eigenvalue weighted by atomic mass is 35.5. The fourth-order valence-electron chi connectivity index (χ4n) is 5.07. The number of benzene rings is 2. The van der Waals surface area contributed by atoms with Crippen molar-refractivity contribution >= 4 is 54.9 Å². The number of amides is 1. The van der Waals surface area contributed by atoms with Crippen LogP contribution in [0.25, 0.3) is 32.9 Å². The molecule has 0 aliphatic heterocycles. The molecule has 1 aliphatic rings. The number of aromatic amines is 1. The predicted molar refractivity (Wildman–Crippen MR) is 159 cm³/mol. The molecule has 10 heteroatoms. The Balaban J connectivity index is 1.65. The normalized spacial score (nSPS) is 14.9. The number of hydrogen-bond donors (Lipinski definition) is 2. The Morgan fingerprint density at radius 2 is 1.95 bits per heavy atom. The highest BCUT2D eigenvalue weighted by Gasteiger charge is 2.34. The second-order valence-corrected chi connectivity index (χ2v) is 13.0. The van der Waals surface area contributed by atoms with Gasteiger partial charge >= 0.3 is 0 Å². The molecular formula is C30H26ClFN4O3S. The SMILES string of the molecule is C=S(=O)(NC(=O)c1c(-c2ccc(C)[nH]c2=O)c2cc(C)c(F)cc2n1Cc1cc2ccccc2nc1Cl)C1CC1. The Hall–Kier alpha value is -3.95. The van der Waals surface area contributed by atoms with Gasteiger partial charge in [0.2, 0.25) is 0 Å². The average Bonchev–Trinajstić information content (AvgIpc) is 3.71. The van der Waals surface area contributed by atoms with Gasteiger partial charge in [0.25, 0.3) is 11.5 Å². The van der Waals surface area contributed by atoms with Crippen LogP contribution in [0.3, 0.4) is 0 Å². The maximum atomic E-state index is 15.0. The summed E-state index contributed by atoms with van der Waals surface area (Å²) in [7, 11) is -2.94. The molecule has 7 nitrogen and oxygen atoms in total. The first kappa shape index (κ1) is 26.3. The van der Waals surface area contributed by atoms with Crippen LogP contribution in [0.1, 0.15) is 40.2 Å². The van der Waals surface area contributed by atoms with Gasteiger partial charge in [0.05, 0.1) is 27.3 Å². The van der Waals surface area contributed by atoms with Gasteiger partial charge in [0, 0.05) is 38.4 Å². The molecule has 6 rings (SSSR count). The Bertz CT molecular complexity index is 2030. The molecule has 5 aromatic rings. The molecule has 40 heavy (non-hydrogen) atoms. The Kier molecular flexibility index (Phi) is 6.31. The molecule has 0 spiro atoms. The van der Waals surface area contributed by atoms with Gasteiger partial charge in [-0.2, -0.15) is 0 Å². The van der Waals surface area contributed by atoms with Gasteiger partial charge in [-0.1, -0.05) is 29.8 Å². The Morgan fingerprint density at radius 3 is 2.67 bits per heavy atom. The minimum Gasteiger partial charge on any atom is -0.331 e. The maximum absolute atomic E-state index is 15.0. The van der Waals surface area contributed by atoms with Gasteiger partial charge in [-0.3, -0.25) is 14.3 Å². The molecule has 2 aromatic carbocycles. The smallest absolute Gasteiger partial charge is 0.279 e. The largest absolute Gasteiger partial charge is 0.331 e. The number of rotatable bonds is 6. The molecular weight excluding hydrogens is 551 g/mol. The fourth-order valence-corrected chi connectivity index (χ4v) is 6.75. The van der Waals surface area contributed by atoms with Crippen molar-refractivity contribution in [3.05, 3.63) is 98.4 Å². The quantitative estimate of drug-likeness (QED) is 0.205. The summed E-state index contributed by atoms with van der Waals surface area (Å²) in [6.45, 7) is 3.42. The van der Waals surface area contributed by atoms with Crippen LogP contribution in [0, 0.1) is 19.7 Å². The van der Waals surface area contributed by atoms with Gasteiger partial charge in [0.1, 0.15) is 16.7 Å². The molecule has 3 aromatic heterocycles. The summed E-state index contributed by atoms with van der Waals surface area (Å²) >= 11 is 6.61. The van der Waals surface area contributed by atoms with Crippen molar-refractivity contribution in [3.63, 3.8) is 0 Å². The minimum absolute atomic E-state index is 0.0456. The van der Waals surface area contributed by atoms with Crippen LogP contribution < -0.4 is 10.3 Å². The molecule has 1 atom stereocenters. The lowest BCUT2D eigenvalue weighted by Gasteiger charge is -2.16. The number of H-pyrrole nitrogens is 1. The van der Waals surface area contributed by atoms with E-state index in [2.05, 4.69) is 20.6 Å². The van der Waals surface area contributed by atoms with Gasteiger partial charge in [0.15, 0.2) is 0 Å². The van der Waals surface area contributed by atoms with Crippen LogP contribution in [0.2, 0.25) is 5.15 Å². The lowest BCUT2D eigenvalue weighted by atomic mass is 10.0. The lowest BCUT2D eigenvalue weighted by molar-refractivity contribution is 0.0975. The molecule has 1 fully saturated rings. The number of nitrogens with one attached hydrogen (secondary N) is 2. The van der Waals surface area contributed by atoms with Crippen LogP contribution in [0.15, 0.2) is 59.4 Å². The van der Waals surface area contributed by atoms with E-state index in [-0.39, 0.29) is 28.2 Å². The molecule has 0 bridgehead atoms. The zero-order chi connectivity index (χ0) is 28.3. The molecule has 204 valence electrons. The zero-order valence-electron chi connectivity index (χ0n) is 21.9. The fraction of sp³-hybridized carbons (Fsp3) is 0.200. The van der Waals surface area contributed by atoms with Crippen LogP contribution in [-0.4, -0.2) is 35.8 Å². The van der Waals surface area contributed by atoms with Gasteiger partial charge < -0.3 is 9.55 Å². The van der Waals surface area contributed by atoms with E-state index >= 15 is 4.39 Å². The van der Waals surface area contributed by atoms with E-state index < -0.39 is 27.0 Å². The van der Waals surface area contributed by atoms with E-state index in [0.717, 1.165) is 5.39 Å². The summed E-state index contributed by atoms with van der Waals surface area (Å²) < 4.78 is 32.6. The van der Waals surface area contributed by atoms with Gasteiger partial charge in [-0.05, 0) is 74.5 Å². The van der Waals surface area contributed by atoms with E-state index in [9.17, 15) is 13.8 Å². The van der Waals surface area contributed by atoms with E-state index in [0.29, 0.717) is 51.6 Å². The van der Waals surface area contributed by atoms with Crippen LogP contribution in [-0.2, 0) is 16.3 Å². The van der Waals surface area contributed by atoms with Crippen molar-refractivity contribution < 1.29 is 13.4 Å². The first-order valence-electron chi connectivity index (χ1n) is 12.8. The first-order chi connectivity index (χ1) is 19.0. The summed E-state index contributed by atoms with van der Waals surface area (Å²) in [5.41, 5.74) is 2.89. The molecule has 1 saturated carbocycles. The number of pyridine rings is 2. The summed E-state index contributed by atoms with van der Waals surface area (Å²) in [6, 6.07) is 15.7. The molecule has 1 aliphatic carbocycles. The zero-order valence-corrected chi connectivity index (χ0v) is 23.5.